The average Bonchev–Trinajstić information content (AvgIpc) is 2.92. The highest BCUT2D eigenvalue weighted by molar-refractivity contribution is 6.33. The number of nitrogens with zero attached hydrogens (tertiary/aromatic N) is 2. The minimum Gasteiger partial charge on any atom is -0.485 e. The Morgan fingerprint density at radius 3 is 2.32 bits per heavy atom. The molecule has 7 nitrogen and oxygen atoms in total. The van der Waals surface area contributed by atoms with Gasteiger partial charge in [-0.25, -0.2) is 9.97 Å². The number of amides is 1. The molecular weight excluding hydrogens is 502 g/mol. The lowest BCUT2D eigenvalue weighted by molar-refractivity contribution is -0.141. The maximum absolute atomic E-state index is 13.1. The number of carbonyl (C=O) groups is 2. The fourth-order valence-electron chi connectivity index (χ4n) is 3.88. The first-order valence-electron chi connectivity index (χ1n) is 12.3. The molecule has 1 aromatic heterocycles. The Balaban J connectivity index is 1.58. The summed E-state index contributed by atoms with van der Waals surface area (Å²) in [5.74, 6) is -0.339. The van der Waals surface area contributed by atoms with Crippen LogP contribution in [0.1, 0.15) is 40.1 Å². The van der Waals surface area contributed by atoms with Gasteiger partial charge in [-0.1, -0.05) is 84.4 Å². The van der Waals surface area contributed by atoms with Gasteiger partial charge in [0.05, 0.1) is 12.3 Å². The summed E-state index contributed by atoms with van der Waals surface area (Å²) in [7, 11) is 0. The number of halogens is 1. The summed E-state index contributed by atoms with van der Waals surface area (Å²) in [6.45, 7) is 3.68. The van der Waals surface area contributed by atoms with Crippen molar-refractivity contribution in [2.75, 3.05) is 13.2 Å². The summed E-state index contributed by atoms with van der Waals surface area (Å²) in [6.07, 6.45) is 0.404. The van der Waals surface area contributed by atoms with Gasteiger partial charge in [0.1, 0.15) is 19.0 Å². The second-order valence-corrected chi connectivity index (χ2v) is 8.93. The number of benzene rings is 3. The SMILES string of the molecule is CCOC(=O)CNC(=O)c1nc(Cc2ccc(-c3ccccc3Cl)cc2)nc(C)c1OCc1ccccc1. The number of ether oxygens (including phenoxy) is 2. The normalized spacial score (nSPS) is 10.6. The monoisotopic (exact) mass is 529 g/mol. The first kappa shape index (κ1) is 26.8. The van der Waals surface area contributed by atoms with E-state index in [1.54, 1.807) is 13.8 Å². The molecule has 38 heavy (non-hydrogen) atoms. The summed E-state index contributed by atoms with van der Waals surface area (Å²) in [4.78, 5) is 34.0. The van der Waals surface area contributed by atoms with Gasteiger partial charge in [0, 0.05) is 17.0 Å². The molecule has 194 valence electrons. The van der Waals surface area contributed by atoms with Gasteiger partial charge in [0.25, 0.3) is 5.91 Å². The summed E-state index contributed by atoms with van der Waals surface area (Å²) in [5.41, 5.74) is 4.46. The summed E-state index contributed by atoms with van der Waals surface area (Å²) >= 11 is 6.34. The van der Waals surface area contributed by atoms with Crippen molar-refractivity contribution in [1.82, 2.24) is 15.3 Å². The predicted octanol–water partition coefficient (Wildman–Crippen LogP) is 5.57. The molecular formula is C30H28ClN3O4. The summed E-state index contributed by atoms with van der Waals surface area (Å²) in [5, 5.41) is 3.26. The maximum atomic E-state index is 13.1. The largest absolute Gasteiger partial charge is 0.485 e. The van der Waals surface area contributed by atoms with Crippen molar-refractivity contribution in [2.24, 2.45) is 0 Å². The minimum absolute atomic E-state index is 0.0698. The zero-order chi connectivity index (χ0) is 26.9. The number of aryl methyl sites for hydroxylation is 1. The molecule has 4 aromatic rings. The topological polar surface area (TPSA) is 90.4 Å². The van der Waals surface area contributed by atoms with Crippen molar-refractivity contribution in [1.29, 1.82) is 0 Å². The van der Waals surface area contributed by atoms with E-state index >= 15 is 0 Å². The number of nitrogens with one attached hydrogen (secondary N) is 1. The molecule has 1 heterocycles. The lowest BCUT2D eigenvalue weighted by Gasteiger charge is -2.15. The number of rotatable bonds is 10. The minimum atomic E-state index is -0.540. The second-order valence-electron chi connectivity index (χ2n) is 8.52. The summed E-state index contributed by atoms with van der Waals surface area (Å²) in [6, 6.07) is 25.2. The molecule has 0 fully saturated rings. The predicted molar refractivity (Wildman–Crippen MR) is 146 cm³/mol. The fraction of sp³-hybridized carbons (Fsp3) is 0.200. The zero-order valence-electron chi connectivity index (χ0n) is 21.2. The van der Waals surface area contributed by atoms with E-state index in [9.17, 15) is 9.59 Å². The molecule has 0 aliphatic carbocycles. The molecule has 1 N–H and O–H groups in total. The third-order valence-electron chi connectivity index (χ3n) is 5.72. The van der Waals surface area contributed by atoms with Gasteiger partial charge in [-0.15, -0.1) is 0 Å². The molecule has 0 atom stereocenters. The van der Waals surface area contributed by atoms with Crippen LogP contribution in [-0.4, -0.2) is 35.0 Å². The Morgan fingerprint density at radius 2 is 1.61 bits per heavy atom. The third-order valence-corrected chi connectivity index (χ3v) is 6.05. The Bertz CT molecular complexity index is 1410. The van der Waals surface area contributed by atoms with Gasteiger partial charge < -0.3 is 14.8 Å². The Hall–Kier alpha value is -4.23. The van der Waals surface area contributed by atoms with Gasteiger partial charge in [0.15, 0.2) is 11.4 Å². The number of aromatic nitrogens is 2. The Morgan fingerprint density at radius 1 is 0.895 bits per heavy atom. The van der Waals surface area contributed by atoms with Gasteiger partial charge in [-0.3, -0.25) is 9.59 Å². The number of hydrogen-bond acceptors (Lipinski definition) is 6. The number of hydrogen-bond donors (Lipinski definition) is 1. The molecule has 0 unspecified atom stereocenters. The highest BCUT2D eigenvalue weighted by atomic mass is 35.5. The van der Waals surface area contributed by atoms with Crippen LogP contribution >= 0.6 is 11.6 Å². The van der Waals surface area contributed by atoms with Crippen molar-refractivity contribution < 1.29 is 19.1 Å². The molecule has 3 aromatic carbocycles. The molecule has 8 heteroatoms. The Labute approximate surface area is 226 Å². The quantitative estimate of drug-likeness (QED) is 0.270. The van der Waals surface area contributed by atoms with Crippen LogP contribution in [0.15, 0.2) is 78.9 Å². The van der Waals surface area contributed by atoms with Crippen molar-refractivity contribution in [3.8, 4) is 16.9 Å². The Kier molecular flexibility index (Phi) is 9.06. The number of carbonyl (C=O) groups excluding carboxylic acids is 2. The van der Waals surface area contributed by atoms with E-state index in [0.29, 0.717) is 23.0 Å². The van der Waals surface area contributed by atoms with E-state index in [1.165, 1.54) is 0 Å². The van der Waals surface area contributed by atoms with Crippen molar-refractivity contribution in [2.45, 2.75) is 26.9 Å². The van der Waals surface area contributed by atoms with Crippen LogP contribution < -0.4 is 10.1 Å². The smallest absolute Gasteiger partial charge is 0.325 e. The standard InChI is InChI=1S/C30H28ClN3O4/c1-3-37-27(35)18-32-30(36)28-29(38-19-22-9-5-4-6-10-22)20(2)33-26(34-28)17-21-13-15-23(16-14-21)24-11-7-8-12-25(24)31/h4-16H,3,17-19H2,1-2H3,(H,32,36). The summed E-state index contributed by atoms with van der Waals surface area (Å²) < 4.78 is 10.9. The van der Waals surface area contributed by atoms with Crippen molar-refractivity contribution in [3.05, 3.63) is 112 Å². The van der Waals surface area contributed by atoms with E-state index in [4.69, 9.17) is 21.1 Å². The van der Waals surface area contributed by atoms with E-state index in [2.05, 4.69) is 15.3 Å². The van der Waals surface area contributed by atoms with Gasteiger partial charge in [-0.2, -0.15) is 0 Å². The van der Waals surface area contributed by atoms with E-state index in [0.717, 1.165) is 22.3 Å². The van der Waals surface area contributed by atoms with Gasteiger partial charge >= 0.3 is 5.97 Å². The van der Waals surface area contributed by atoms with E-state index in [1.807, 2.05) is 78.9 Å². The van der Waals surface area contributed by atoms with Crippen LogP contribution in [0, 0.1) is 6.92 Å². The lowest BCUT2D eigenvalue weighted by Crippen LogP contribution is -2.32. The number of esters is 1. The molecule has 0 radical (unpaired) electrons. The molecule has 0 saturated carbocycles. The molecule has 4 rings (SSSR count). The van der Waals surface area contributed by atoms with Crippen LogP contribution in [0.3, 0.4) is 0 Å². The highest BCUT2D eigenvalue weighted by Gasteiger charge is 2.21. The lowest BCUT2D eigenvalue weighted by atomic mass is 10.0. The zero-order valence-corrected chi connectivity index (χ0v) is 22.0. The molecule has 0 aliphatic rings. The van der Waals surface area contributed by atoms with Crippen LogP contribution in [-0.2, 0) is 22.6 Å². The van der Waals surface area contributed by atoms with Crippen LogP contribution in [0.4, 0.5) is 0 Å². The average molecular weight is 530 g/mol. The van der Waals surface area contributed by atoms with Gasteiger partial charge in [0.2, 0.25) is 0 Å². The highest BCUT2D eigenvalue weighted by Crippen LogP contribution is 2.28. The molecule has 0 spiro atoms. The van der Waals surface area contributed by atoms with Crippen LogP contribution in [0.25, 0.3) is 11.1 Å². The first-order chi connectivity index (χ1) is 18.4. The molecule has 1 amide bonds. The van der Waals surface area contributed by atoms with Gasteiger partial charge in [-0.05, 0) is 36.6 Å². The van der Waals surface area contributed by atoms with E-state index < -0.39 is 11.9 Å². The van der Waals surface area contributed by atoms with Crippen LogP contribution in [0.2, 0.25) is 5.02 Å². The third kappa shape index (κ3) is 6.95. The van der Waals surface area contributed by atoms with Crippen molar-refractivity contribution in [3.63, 3.8) is 0 Å². The van der Waals surface area contributed by atoms with Crippen LogP contribution in [0.5, 0.6) is 5.75 Å². The molecule has 0 bridgehead atoms. The maximum Gasteiger partial charge on any atom is 0.325 e. The second kappa shape index (κ2) is 12.8. The molecule has 0 saturated heterocycles. The van der Waals surface area contributed by atoms with E-state index in [-0.39, 0.29) is 31.2 Å². The fourth-order valence-corrected chi connectivity index (χ4v) is 4.13. The first-order valence-corrected chi connectivity index (χ1v) is 12.6. The van der Waals surface area contributed by atoms with Crippen molar-refractivity contribution >= 4 is 23.5 Å². The molecule has 0 aliphatic heterocycles.